The second kappa shape index (κ2) is 9.53. The normalized spacial score (nSPS) is 12.2. The van der Waals surface area contributed by atoms with Crippen LogP contribution in [-0.4, -0.2) is 39.5 Å². The number of H-pyrrole nitrogens is 1. The van der Waals surface area contributed by atoms with Crippen LogP contribution in [0.3, 0.4) is 0 Å². The molecule has 11 heteroatoms. The highest BCUT2D eigenvalue weighted by molar-refractivity contribution is 7.71. The molecule has 2 heterocycles. The molecule has 0 spiro atoms. The second-order valence-electron chi connectivity index (χ2n) is 7.91. The highest BCUT2D eigenvalue weighted by Gasteiger charge is 2.22. The lowest BCUT2D eigenvalue weighted by atomic mass is 10.2. The fourth-order valence-corrected chi connectivity index (χ4v) is 3.91. The van der Waals surface area contributed by atoms with E-state index in [1.165, 1.54) is 18.4 Å². The molecule has 0 aliphatic heterocycles. The lowest BCUT2D eigenvalue weighted by Crippen LogP contribution is -2.27. The molecule has 0 saturated heterocycles. The number of aromatic nitrogens is 3. The molecule has 32 heavy (non-hydrogen) atoms. The topological polar surface area (TPSA) is 110 Å². The van der Waals surface area contributed by atoms with Gasteiger partial charge in [0.2, 0.25) is 5.91 Å². The van der Waals surface area contributed by atoms with Gasteiger partial charge in [-0.1, -0.05) is 6.07 Å². The number of nitrogens with one attached hydrogen (secondary N) is 3. The highest BCUT2D eigenvalue weighted by atomic mass is 32.1. The zero-order chi connectivity index (χ0) is 23.5. The van der Waals surface area contributed by atoms with Crippen molar-refractivity contribution in [2.24, 2.45) is 0 Å². The summed E-state index contributed by atoms with van der Waals surface area (Å²) in [6.07, 6.45) is -0.627. The summed E-state index contributed by atoms with van der Waals surface area (Å²) in [7, 11) is 1.49. The minimum Gasteiger partial charge on any atom is -0.495 e. The van der Waals surface area contributed by atoms with Crippen LogP contribution in [-0.2, 0) is 9.53 Å². The van der Waals surface area contributed by atoms with E-state index in [2.05, 4.69) is 20.8 Å². The Kier molecular flexibility index (Phi) is 6.99. The number of hydrogen-bond acceptors (Lipinski definition) is 7. The molecule has 2 amide bonds. The molecular weight excluding hydrogens is 450 g/mol. The first-order valence-electron chi connectivity index (χ1n) is 9.78. The van der Waals surface area contributed by atoms with Crippen LogP contribution in [0.4, 0.5) is 16.2 Å². The van der Waals surface area contributed by atoms with Gasteiger partial charge in [0.15, 0.2) is 10.6 Å². The van der Waals surface area contributed by atoms with Gasteiger partial charge in [0.05, 0.1) is 17.7 Å². The summed E-state index contributed by atoms with van der Waals surface area (Å²) in [4.78, 5) is 26.1. The third-order valence-corrected chi connectivity index (χ3v) is 5.47. The SMILES string of the molecule is COc1ccc(NC(=O)C(C)n2c(-c3cccs3)n[nH]c2=S)cc1NC(=O)OC(C)(C)C. The van der Waals surface area contributed by atoms with Crippen LogP contribution in [0.1, 0.15) is 33.7 Å². The number of aromatic amines is 1. The van der Waals surface area contributed by atoms with Gasteiger partial charge in [-0.3, -0.25) is 19.8 Å². The Hall–Kier alpha value is -3.18. The van der Waals surface area contributed by atoms with Gasteiger partial charge < -0.3 is 14.8 Å². The zero-order valence-electron chi connectivity index (χ0n) is 18.4. The van der Waals surface area contributed by atoms with Gasteiger partial charge in [0.25, 0.3) is 0 Å². The number of methoxy groups -OCH3 is 1. The van der Waals surface area contributed by atoms with Crippen LogP contribution >= 0.6 is 23.6 Å². The maximum Gasteiger partial charge on any atom is 0.412 e. The Bertz CT molecular complexity index is 1160. The summed E-state index contributed by atoms with van der Waals surface area (Å²) < 4.78 is 12.6. The van der Waals surface area contributed by atoms with Crippen LogP contribution < -0.4 is 15.4 Å². The lowest BCUT2D eigenvalue weighted by Gasteiger charge is -2.21. The molecule has 3 aromatic rings. The first-order valence-corrected chi connectivity index (χ1v) is 11.1. The Morgan fingerprint density at radius 1 is 1.25 bits per heavy atom. The van der Waals surface area contributed by atoms with Crippen LogP contribution in [0.2, 0.25) is 0 Å². The van der Waals surface area contributed by atoms with Gasteiger partial charge in [-0.15, -0.1) is 11.3 Å². The van der Waals surface area contributed by atoms with Crippen molar-refractivity contribution in [3.63, 3.8) is 0 Å². The standard InChI is InChI=1S/C21H25N5O4S2/c1-12(26-17(24-25-19(26)31)16-7-6-10-32-16)18(27)22-13-8-9-15(29-5)14(11-13)23-20(28)30-21(2,3)4/h6-12H,1-5H3,(H,22,27)(H,23,28)(H,25,31). The van der Waals surface area contributed by atoms with Crippen molar-refractivity contribution < 1.29 is 19.1 Å². The molecule has 3 N–H and O–H groups in total. The molecule has 0 fully saturated rings. The molecule has 0 radical (unpaired) electrons. The van der Waals surface area contributed by atoms with Gasteiger partial charge in [-0.2, -0.15) is 5.10 Å². The van der Waals surface area contributed by atoms with Crippen LogP contribution in [0.5, 0.6) is 5.75 Å². The maximum absolute atomic E-state index is 13.0. The van der Waals surface area contributed by atoms with Crippen molar-refractivity contribution in [1.82, 2.24) is 14.8 Å². The van der Waals surface area contributed by atoms with Crippen LogP contribution in [0.25, 0.3) is 10.7 Å². The van der Waals surface area contributed by atoms with E-state index in [4.69, 9.17) is 21.7 Å². The minimum atomic E-state index is -0.650. The van der Waals surface area contributed by atoms with Gasteiger partial charge >= 0.3 is 6.09 Å². The predicted molar refractivity (Wildman–Crippen MR) is 127 cm³/mol. The minimum absolute atomic E-state index is 0.298. The Morgan fingerprint density at radius 2 is 2.00 bits per heavy atom. The quantitative estimate of drug-likeness (QED) is 0.421. The number of nitrogens with zero attached hydrogens (tertiary/aromatic N) is 2. The summed E-state index contributed by atoms with van der Waals surface area (Å²) in [6, 6.07) is 8.11. The van der Waals surface area contributed by atoms with Crippen molar-refractivity contribution in [1.29, 1.82) is 0 Å². The van der Waals surface area contributed by atoms with Crippen molar-refractivity contribution in [2.75, 3.05) is 17.7 Å². The number of thiophene rings is 1. The first kappa shape index (κ1) is 23.5. The third kappa shape index (κ3) is 5.54. The Balaban J connectivity index is 1.80. The van der Waals surface area contributed by atoms with Crippen LogP contribution in [0.15, 0.2) is 35.7 Å². The molecule has 0 aliphatic rings. The monoisotopic (exact) mass is 475 g/mol. The summed E-state index contributed by atoms with van der Waals surface area (Å²) >= 11 is 6.85. The fourth-order valence-electron chi connectivity index (χ4n) is 2.90. The molecule has 0 saturated carbocycles. The molecule has 1 atom stereocenters. The largest absolute Gasteiger partial charge is 0.495 e. The predicted octanol–water partition coefficient (Wildman–Crippen LogP) is 5.22. The van der Waals surface area contributed by atoms with E-state index in [0.29, 0.717) is 27.7 Å². The fraction of sp³-hybridized carbons (Fsp3) is 0.333. The van der Waals surface area contributed by atoms with E-state index in [1.54, 1.807) is 50.5 Å². The third-order valence-electron chi connectivity index (χ3n) is 4.32. The number of ether oxygens (including phenoxy) is 2. The number of hydrogen-bond donors (Lipinski definition) is 3. The Labute approximate surface area is 194 Å². The van der Waals surface area contributed by atoms with Crippen molar-refractivity contribution in [2.45, 2.75) is 39.3 Å². The average Bonchev–Trinajstić information content (AvgIpc) is 3.35. The second-order valence-corrected chi connectivity index (χ2v) is 9.24. The Morgan fingerprint density at radius 3 is 2.62 bits per heavy atom. The number of benzene rings is 1. The number of anilines is 2. The molecule has 9 nitrogen and oxygen atoms in total. The number of rotatable bonds is 6. The molecule has 1 aromatic carbocycles. The lowest BCUT2D eigenvalue weighted by molar-refractivity contribution is -0.118. The van der Waals surface area contributed by atoms with Crippen molar-refractivity contribution >= 4 is 46.9 Å². The molecule has 3 rings (SSSR count). The van der Waals surface area contributed by atoms with Crippen molar-refractivity contribution in [3.05, 3.63) is 40.5 Å². The molecule has 0 aliphatic carbocycles. The van der Waals surface area contributed by atoms with E-state index in [9.17, 15) is 9.59 Å². The summed E-state index contributed by atoms with van der Waals surface area (Å²) in [5.74, 6) is 0.724. The zero-order valence-corrected chi connectivity index (χ0v) is 20.0. The van der Waals surface area contributed by atoms with Gasteiger partial charge in [-0.05, 0) is 69.6 Å². The molecule has 2 aromatic heterocycles. The van der Waals surface area contributed by atoms with Gasteiger partial charge in [0, 0.05) is 5.69 Å². The van der Waals surface area contributed by atoms with Crippen molar-refractivity contribution in [3.8, 4) is 16.5 Å². The van der Waals surface area contributed by atoms with Gasteiger partial charge in [0.1, 0.15) is 17.4 Å². The average molecular weight is 476 g/mol. The molecule has 1 unspecified atom stereocenters. The molecule has 0 bridgehead atoms. The van der Waals surface area contributed by atoms with E-state index >= 15 is 0 Å². The summed E-state index contributed by atoms with van der Waals surface area (Å²) in [6.45, 7) is 7.05. The molecular formula is C21H25N5O4S2. The van der Waals surface area contributed by atoms with Gasteiger partial charge in [-0.25, -0.2) is 4.79 Å². The number of carbonyl (C=O) groups excluding carboxylic acids is 2. The summed E-state index contributed by atoms with van der Waals surface area (Å²) in [5, 5.41) is 14.5. The van der Waals surface area contributed by atoms with E-state index in [-0.39, 0.29) is 5.91 Å². The van der Waals surface area contributed by atoms with E-state index in [0.717, 1.165) is 4.88 Å². The number of carbonyl (C=O) groups is 2. The maximum atomic E-state index is 13.0. The van der Waals surface area contributed by atoms with E-state index < -0.39 is 17.7 Å². The van der Waals surface area contributed by atoms with E-state index in [1.807, 2.05) is 17.5 Å². The smallest absolute Gasteiger partial charge is 0.412 e. The summed E-state index contributed by atoms with van der Waals surface area (Å²) in [5.41, 5.74) is 0.190. The highest BCUT2D eigenvalue weighted by Crippen LogP contribution is 2.30. The molecule has 170 valence electrons. The number of amides is 2. The van der Waals surface area contributed by atoms with Crippen LogP contribution in [0, 0.1) is 4.77 Å². The first-order chi connectivity index (χ1) is 15.1.